The van der Waals surface area contributed by atoms with Crippen molar-refractivity contribution in [2.75, 3.05) is 11.4 Å². The van der Waals surface area contributed by atoms with Crippen LogP contribution in [0.2, 0.25) is 0 Å². The second kappa shape index (κ2) is 7.14. The summed E-state index contributed by atoms with van der Waals surface area (Å²) >= 11 is 0. The van der Waals surface area contributed by atoms with Gasteiger partial charge in [-0.2, -0.15) is 0 Å². The molecule has 2 aliphatic rings. The van der Waals surface area contributed by atoms with Crippen molar-refractivity contribution >= 4 is 11.7 Å². The maximum absolute atomic E-state index is 12.4. The lowest BCUT2D eigenvalue weighted by atomic mass is 9.98. The average molecular weight is 339 g/mol. The minimum Gasteiger partial charge on any atom is -0.363 e. The third-order valence-corrected chi connectivity index (χ3v) is 4.87. The number of carbonyl (C=O) groups is 1. The van der Waals surface area contributed by atoms with Crippen LogP contribution in [0.4, 0.5) is 5.82 Å². The molecule has 130 valence electrons. The highest BCUT2D eigenvalue weighted by atomic mass is 16.5. The fourth-order valence-electron chi connectivity index (χ4n) is 3.65. The second-order valence-corrected chi connectivity index (χ2v) is 6.40. The van der Waals surface area contributed by atoms with Gasteiger partial charge in [-0.1, -0.05) is 6.07 Å². The normalized spacial score (nSPS) is 25.4. The number of aromatic nitrogens is 3. The van der Waals surface area contributed by atoms with Gasteiger partial charge in [0.15, 0.2) is 0 Å². The number of fused-ring (bicyclic) bond motifs is 1. The zero-order valence-electron chi connectivity index (χ0n) is 13.9. The van der Waals surface area contributed by atoms with Crippen molar-refractivity contribution in [1.29, 1.82) is 0 Å². The highest BCUT2D eigenvalue weighted by molar-refractivity contribution is 5.80. The first-order valence-corrected chi connectivity index (χ1v) is 8.67. The smallest absolute Gasteiger partial charge is 0.249 e. The predicted molar refractivity (Wildman–Crippen MR) is 91.8 cm³/mol. The quantitative estimate of drug-likeness (QED) is 0.905. The molecule has 7 nitrogen and oxygen atoms in total. The zero-order valence-corrected chi connectivity index (χ0v) is 13.9. The molecule has 0 bridgehead atoms. The number of anilines is 1. The predicted octanol–water partition coefficient (Wildman–Crippen LogP) is 1.31. The van der Waals surface area contributed by atoms with Gasteiger partial charge >= 0.3 is 0 Å². The maximum Gasteiger partial charge on any atom is 0.249 e. The Kier molecular flexibility index (Phi) is 4.56. The van der Waals surface area contributed by atoms with E-state index in [0.717, 1.165) is 37.3 Å². The highest BCUT2D eigenvalue weighted by Gasteiger charge is 2.42. The fraction of sp³-hybridized carbons (Fsp3) is 0.444. The number of ether oxygens (including phenoxy) is 1. The van der Waals surface area contributed by atoms with Crippen LogP contribution >= 0.6 is 0 Å². The third kappa shape index (κ3) is 3.46. The van der Waals surface area contributed by atoms with Crippen molar-refractivity contribution in [2.45, 2.75) is 44.1 Å². The molecule has 4 rings (SSSR count). The first-order valence-electron chi connectivity index (χ1n) is 8.67. The number of hydrogen-bond acceptors (Lipinski definition) is 6. The summed E-state index contributed by atoms with van der Waals surface area (Å²) in [5.74, 6) is 0.883. The van der Waals surface area contributed by atoms with Crippen LogP contribution in [-0.2, 0) is 16.1 Å². The molecule has 0 aromatic carbocycles. The lowest BCUT2D eigenvalue weighted by molar-refractivity contribution is -0.141. The van der Waals surface area contributed by atoms with Crippen LogP contribution in [-0.4, -0.2) is 45.7 Å². The van der Waals surface area contributed by atoms with Crippen LogP contribution in [0.5, 0.6) is 0 Å². The van der Waals surface area contributed by atoms with Crippen molar-refractivity contribution in [1.82, 2.24) is 20.3 Å². The van der Waals surface area contributed by atoms with Gasteiger partial charge in [-0.15, -0.1) is 0 Å². The molecular weight excluding hydrogens is 318 g/mol. The maximum atomic E-state index is 12.4. The average Bonchev–Trinajstić information content (AvgIpc) is 3.11. The van der Waals surface area contributed by atoms with Crippen LogP contribution in [0, 0.1) is 0 Å². The lowest BCUT2D eigenvalue weighted by Crippen LogP contribution is -2.48. The molecule has 7 heteroatoms. The van der Waals surface area contributed by atoms with E-state index in [9.17, 15) is 4.79 Å². The molecule has 0 spiro atoms. The summed E-state index contributed by atoms with van der Waals surface area (Å²) in [4.78, 5) is 27.2. The van der Waals surface area contributed by atoms with E-state index in [-0.39, 0.29) is 24.2 Å². The number of rotatable bonds is 4. The molecule has 2 aliphatic heterocycles. The molecule has 0 radical (unpaired) electrons. The minimum atomic E-state index is -0.379. The third-order valence-electron chi connectivity index (χ3n) is 4.87. The molecule has 2 aromatic heterocycles. The van der Waals surface area contributed by atoms with Crippen LogP contribution in [0.1, 0.15) is 25.0 Å². The summed E-state index contributed by atoms with van der Waals surface area (Å²) in [5, 5.41) is 2.93. The Morgan fingerprint density at radius 3 is 2.96 bits per heavy atom. The Hall–Kier alpha value is -2.54. The molecule has 0 aliphatic carbocycles. The number of hydrogen-bond donors (Lipinski definition) is 1. The topological polar surface area (TPSA) is 80.2 Å². The van der Waals surface area contributed by atoms with Gasteiger partial charge in [0.25, 0.3) is 0 Å². The van der Waals surface area contributed by atoms with Crippen LogP contribution < -0.4 is 10.2 Å². The Morgan fingerprint density at radius 2 is 2.16 bits per heavy atom. The molecule has 2 saturated heterocycles. The van der Waals surface area contributed by atoms with Gasteiger partial charge in [-0.25, -0.2) is 9.97 Å². The Morgan fingerprint density at radius 1 is 1.20 bits per heavy atom. The number of amides is 1. The monoisotopic (exact) mass is 339 g/mol. The summed E-state index contributed by atoms with van der Waals surface area (Å²) < 4.78 is 6.09. The van der Waals surface area contributed by atoms with Crippen molar-refractivity contribution in [2.24, 2.45) is 0 Å². The van der Waals surface area contributed by atoms with Gasteiger partial charge in [0.05, 0.1) is 24.4 Å². The van der Waals surface area contributed by atoms with Crippen molar-refractivity contribution in [3.8, 4) is 0 Å². The number of pyridine rings is 1. The lowest BCUT2D eigenvalue weighted by Gasteiger charge is -2.35. The van der Waals surface area contributed by atoms with Crippen molar-refractivity contribution < 1.29 is 9.53 Å². The van der Waals surface area contributed by atoms with Gasteiger partial charge in [0.2, 0.25) is 5.91 Å². The molecule has 2 aromatic rings. The molecule has 0 unspecified atom stereocenters. The Bertz CT molecular complexity index is 712. The van der Waals surface area contributed by atoms with E-state index in [1.54, 1.807) is 18.7 Å². The molecule has 0 saturated carbocycles. The van der Waals surface area contributed by atoms with E-state index in [2.05, 4.69) is 25.2 Å². The summed E-state index contributed by atoms with van der Waals surface area (Å²) in [5.41, 5.74) is 0.848. The van der Waals surface area contributed by atoms with Gasteiger partial charge in [0.1, 0.15) is 18.2 Å². The SMILES string of the molecule is O=C(NCc1ccccn1)[C@@H]1CC[C@@H]2[C@@H](CCN2c2ccncn2)O1. The highest BCUT2D eigenvalue weighted by Crippen LogP contribution is 2.33. The first-order chi connectivity index (χ1) is 12.3. The van der Waals surface area contributed by atoms with Gasteiger partial charge < -0.3 is 15.0 Å². The van der Waals surface area contributed by atoms with E-state index >= 15 is 0 Å². The molecule has 25 heavy (non-hydrogen) atoms. The van der Waals surface area contributed by atoms with E-state index < -0.39 is 0 Å². The van der Waals surface area contributed by atoms with E-state index in [1.807, 2.05) is 24.3 Å². The van der Waals surface area contributed by atoms with Crippen molar-refractivity contribution in [3.05, 3.63) is 48.7 Å². The summed E-state index contributed by atoms with van der Waals surface area (Å²) in [6, 6.07) is 7.88. The summed E-state index contributed by atoms with van der Waals surface area (Å²) in [6.07, 6.45) is 7.31. The van der Waals surface area contributed by atoms with Gasteiger partial charge in [-0.05, 0) is 37.5 Å². The molecular formula is C18H21N5O2. The van der Waals surface area contributed by atoms with Gasteiger partial charge in [-0.3, -0.25) is 9.78 Å². The zero-order chi connectivity index (χ0) is 17.1. The van der Waals surface area contributed by atoms with Gasteiger partial charge in [0, 0.05) is 18.9 Å². The summed E-state index contributed by atoms with van der Waals surface area (Å²) in [6.45, 7) is 1.33. The molecule has 2 fully saturated rings. The number of nitrogens with zero attached hydrogens (tertiary/aromatic N) is 4. The number of nitrogens with one attached hydrogen (secondary N) is 1. The summed E-state index contributed by atoms with van der Waals surface area (Å²) in [7, 11) is 0. The number of carbonyl (C=O) groups excluding carboxylic acids is 1. The van der Waals surface area contributed by atoms with Crippen LogP contribution in [0.15, 0.2) is 43.0 Å². The molecule has 3 atom stereocenters. The second-order valence-electron chi connectivity index (χ2n) is 6.40. The molecule has 4 heterocycles. The van der Waals surface area contributed by atoms with E-state index in [1.165, 1.54) is 0 Å². The van der Waals surface area contributed by atoms with Crippen LogP contribution in [0.25, 0.3) is 0 Å². The minimum absolute atomic E-state index is 0.0513. The Labute approximate surface area is 146 Å². The standard InChI is InChI=1S/C18H21N5O2/c24-18(21-11-13-3-1-2-8-20-13)16-5-4-14-15(25-16)7-10-23(14)17-6-9-19-12-22-17/h1-3,6,8-9,12,14-16H,4-5,7,10-11H2,(H,21,24)/t14-,15-,16+/m1/s1. The van der Waals surface area contributed by atoms with E-state index in [4.69, 9.17) is 4.74 Å². The Balaban J connectivity index is 1.33. The molecule has 1 amide bonds. The van der Waals surface area contributed by atoms with E-state index in [0.29, 0.717) is 6.54 Å². The largest absolute Gasteiger partial charge is 0.363 e. The molecule has 1 N–H and O–H groups in total. The fourth-order valence-corrected chi connectivity index (χ4v) is 3.65. The van der Waals surface area contributed by atoms with Crippen LogP contribution in [0.3, 0.4) is 0 Å². The van der Waals surface area contributed by atoms with Crippen molar-refractivity contribution in [3.63, 3.8) is 0 Å². The first kappa shape index (κ1) is 16.0.